The van der Waals surface area contributed by atoms with E-state index in [0.717, 1.165) is 4.31 Å². The molecule has 2 unspecified atom stereocenters. The van der Waals surface area contributed by atoms with Crippen molar-refractivity contribution in [3.05, 3.63) is 12.0 Å². The Balaban J connectivity index is 2.39. The largest absolute Gasteiger partial charge is 0.468 e. The zero-order valence-electron chi connectivity index (χ0n) is 11.5. The Bertz CT molecular complexity index is 605. The minimum atomic E-state index is -3.94. The highest BCUT2D eigenvalue weighted by Gasteiger charge is 2.45. The molecule has 0 amide bonds. The molecule has 1 aromatic rings. The highest BCUT2D eigenvalue weighted by molar-refractivity contribution is 7.89. The van der Waals surface area contributed by atoms with Gasteiger partial charge in [0.25, 0.3) is 10.0 Å². The number of nitrogens with zero attached hydrogens (tertiary/aromatic N) is 3. The molecule has 20 heavy (non-hydrogen) atoms. The molecule has 1 aromatic heterocycles. The van der Waals surface area contributed by atoms with Crippen molar-refractivity contribution in [2.24, 2.45) is 7.05 Å². The maximum absolute atomic E-state index is 12.5. The maximum atomic E-state index is 12.5. The SMILES string of the molecule is COC(=O)C1CC(O)CN1S(=O)(=O)c1cn(C)c(C)n1. The molecule has 1 saturated heterocycles. The first-order valence-corrected chi connectivity index (χ1v) is 7.49. The van der Waals surface area contributed by atoms with E-state index < -0.39 is 28.1 Å². The number of hydrogen-bond acceptors (Lipinski definition) is 6. The van der Waals surface area contributed by atoms with Crippen LogP contribution in [-0.4, -0.2) is 59.2 Å². The Morgan fingerprint density at radius 2 is 2.20 bits per heavy atom. The van der Waals surface area contributed by atoms with Gasteiger partial charge in [0, 0.05) is 26.2 Å². The van der Waals surface area contributed by atoms with Crippen molar-refractivity contribution < 1.29 is 23.1 Å². The van der Waals surface area contributed by atoms with Crippen LogP contribution in [0, 0.1) is 6.92 Å². The summed E-state index contributed by atoms with van der Waals surface area (Å²) in [5.41, 5.74) is 0. The van der Waals surface area contributed by atoms with Crippen LogP contribution in [0.4, 0.5) is 0 Å². The normalized spacial score (nSPS) is 24.0. The first kappa shape index (κ1) is 14.9. The number of carbonyl (C=O) groups is 1. The third kappa shape index (κ3) is 2.43. The average Bonchev–Trinajstić information content (AvgIpc) is 2.93. The van der Waals surface area contributed by atoms with Crippen molar-refractivity contribution in [2.45, 2.75) is 30.5 Å². The standard InChI is InChI=1S/C11H17N3O5S/c1-7-12-10(6-13(7)2)20(17,18)14-5-8(15)4-9(14)11(16)19-3/h6,8-9,15H,4-5H2,1-3H3. The van der Waals surface area contributed by atoms with Gasteiger partial charge >= 0.3 is 5.97 Å². The number of hydrogen-bond donors (Lipinski definition) is 1. The number of methoxy groups -OCH3 is 1. The molecule has 0 saturated carbocycles. The Hall–Kier alpha value is -1.45. The Kier molecular flexibility index (Phi) is 3.85. The first-order valence-electron chi connectivity index (χ1n) is 6.05. The van der Waals surface area contributed by atoms with Gasteiger partial charge in [-0.05, 0) is 6.92 Å². The Morgan fingerprint density at radius 1 is 1.55 bits per heavy atom. The number of aromatic nitrogens is 2. The highest BCUT2D eigenvalue weighted by Crippen LogP contribution is 2.26. The number of β-amino-alcohol motifs (C(OH)–C–C–N with tert-alkyl or cyclic N) is 1. The molecule has 2 rings (SSSR count). The fraction of sp³-hybridized carbons (Fsp3) is 0.636. The van der Waals surface area contributed by atoms with Crippen LogP contribution in [0.1, 0.15) is 12.2 Å². The van der Waals surface area contributed by atoms with E-state index in [1.165, 1.54) is 13.3 Å². The van der Waals surface area contributed by atoms with Gasteiger partial charge in [0.05, 0.1) is 13.2 Å². The number of imidazole rings is 1. The molecule has 8 nitrogen and oxygen atoms in total. The summed E-state index contributed by atoms with van der Waals surface area (Å²) < 4.78 is 32.1. The van der Waals surface area contributed by atoms with E-state index >= 15 is 0 Å². The van der Waals surface area contributed by atoms with Crippen molar-refractivity contribution in [2.75, 3.05) is 13.7 Å². The summed E-state index contributed by atoms with van der Waals surface area (Å²) >= 11 is 0. The number of aryl methyl sites for hydroxylation is 2. The lowest BCUT2D eigenvalue weighted by Gasteiger charge is -2.20. The average molecular weight is 303 g/mol. The predicted octanol–water partition coefficient (Wildman–Crippen LogP) is -0.975. The molecular weight excluding hydrogens is 286 g/mol. The molecule has 0 aliphatic carbocycles. The van der Waals surface area contributed by atoms with Crippen LogP contribution in [0.2, 0.25) is 0 Å². The Labute approximate surface area is 117 Å². The van der Waals surface area contributed by atoms with Crippen molar-refractivity contribution in [3.8, 4) is 0 Å². The van der Waals surface area contributed by atoms with E-state index in [2.05, 4.69) is 9.72 Å². The van der Waals surface area contributed by atoms with E-state index in [9.17, 15) is 18.3 Å². The topological polar surface area (TPSA) is 102 Å². The minimum absolute atomic E-state index is 0.0255. The van der Waals surface area contributed by atoms with E-state index in [1.54, 1.807) is 18.5 Å². The lowest BCUT2D eigenvalue weighted by Crippen LogP contribution is -2.41. The van der Waals surface area contributed by atoms with Gasteiger partial charge in [-0.2, -0.15) is 4.31 Å². The molecule has 9 heteroatoms. The second kappa shape index (κ2) is 5.15. The first-order chi connectivity index (χ1) is 9.27. The van der Waals surface area contributed by atoms with Gasteiger partial charge in [0.1, 0.15) is 11.9 Å². The van der Waals surface area contributed by atoms with Crippen molar-refractivity contribution in [1.29, 1.82) is 0 Å². The smallest absolute Gasteiger partial charge is 0.324 e. The summed E-state index contributed by atoms with van der Waals surface area (Å²) in [6.45, 7) is 1.54. The van der Waals surface area contributed by atoms with Crippen LogP contribution in [0.25, 0.3) is 0 Å². The lowest BCUT2D eigenvalue weighted by molar-refractivity contribution is -0.144. The second-order valence-corrected chi connectivity index (χ2v) is 6.58. The number of aliphatic hydroxyl groups excluding tert-OH is 1. The Morgan fingerprint density at radius 3 is 2.70 bits per heavy atom. The summed E-state index contributed by atoms with van der Waals surface area (Å²) in [4.78, 5) is 15.6. The summed E-state index contributed by atoms with van der Waals surface area (Å²) in [7, 11) is -1.08. The van der Waals surface area contributed by atoms with Gasteiger partial charge in [-0.15, -0.1) is 0 Å². The summed E-state index contributed by atoms with van der Waals surface area (Å²) in [5, 5.41) is 9.51. The number of sulfonamides is 1. The fourth-order valence-corrected chi connectivity index (χ4v) is 3.83. The van der Waals surface area contributed by atoms with Gasteiger partial charge in [-0.25, -0.2) is 13.4 Å². The van der Waals surface area contributed by atoms with E-state index in [4.69, 9.17) is 0 Å². The summed E-state index contributed by atoms with van der Waals surface area (Å²) in [6.07, 6.45) is 0.514. The summed E-state index contributed by atoms with van der Waals surface area (Å²) in [5.74, 6) is -0.143. The molecule has 1 N–H and O–H groups in total. The minimum Gasteiger partial charge on any atom is -0.468 e. The van der Waals surface area contributed by atoms with Crippen molar-refractivity contribution in [3.63, 3.8) is 0 Å². The second-order valence-electron chi connectivity index (χ2n) is 4.74. The van der Waals surface area contributed by atoms with Crippen molar-refractivity contribution in [1.82, 2.24) is 13.9 Å². The van der Waals surface area contributed by atoms with Gasteiger partial charge in [0.15, 0.2) is 5.03 Å². The highest BCUT2D eigenvalue weighted by atomic mass is 32.2. The molecule has 0 aromatic carbocycles. The van der Waals surface area contributed by atoms with Gasteiger partial charge < -0.3 is 14.4 Å². The summed E-state index contributed by atoms with van der Waals surface area (Å²) in [6, 6.07) is -1.01. The van der Waals surface area contributed by atoms with E-state index in [1.807, 2.05) is 0 Å². The van der Waals surface area contributed by atoms with Gasteiger partial charge in [0.2, 0.25) is 0 Å². The van der Waals surface area contributed by atoms with Gasteiger partial charge in [-0.1, -0.05) is 0 Å². The monoisotopic (exact) mass is 303 g/mol. The molecular formula is C11H17N3O5S. The number of carbonyl (C=O) groups excluding carboxylic acids is 1. The van der Waals surface area contributed by atoms with Crippen LogP contribution >= 0.6 is 0 Å². The molecule has 1 aliphatic heterocycles. The molecule has 112 valence electrons. The van der Waals surface area contributed by atoms with Crippen molar-refractivity contribution >= 4 is 16.0 Å². The zero-order valence-corrected chi connectivity index (χ0v) is 12.3. The molecule has 1 aliphatic rings. The lowest BCUT2D eigenvalue weighted by atomic mass is 10.2. The predicted molar refractivity (Wildman–Crippen MR) is 68.3 cm³/mol. The fourth-order valence-electron chi connectivity index (χ4n) is 2.17. The van der Waals surface area contributed by atoms with Crippen LogP contribution in [0.15, 0.2) is 11.2 Å². The molecule has 0 radical (unpaired) electrons. The quantitative estimate of drug-likeness (QED) is 0.721. The van der Waals surface area contributed by atoms with Crippen LogP contribution in [0.5, 0.6) is 0 Å². The van der Waals surface area contributed by atoms with Gasteiger partial charge in [-0.3, -0.25) is 4.79 Å². The van der Waals surface area contributed by atoms with Crippen LogP contribution < -0.4 is 0 Å². The number of aliphatic hydroxyl groups is 1. The molecule has 0 spiro atoms. The molecule has 2 heterocycles. The number of esters is 1. The maximum Gasteiger partial charge on any atom is 0.324 e. The van der Waals surface area contributed by atoms with Crippen LogP contribution in [-0.2, 0) is 26.6 Å². The number of rotatable bonds is 3. The number of ether oxygens (including phenoxy) is 1. The molecule has 1 fully saturated rings. The van der Waals surface area contributed by atoms with E-state index in [0.29, 0.717) is 5.82 Å². The zero-order chi connectivity index (χ0) is 15.1. The molecule has 0 bridgehead atoms. The third-order valence-electron chi connectivity index (χ3n) is 3.37. The third-order valence-corrected chi connectivity index (χ3v) is 5.11. The van der Waals surface area contributed by atoms with E-state index in [-0.39, 0.29) is 18.0 Å². The molecule has 2 atom stereocenters. The van der Waals surface area contributed by atoms with Crippen LogP contribution in [0.3, 0.4) is 0 Å².